The molecule has 152 valence electrons. The van der Waals surface area contributed by atoms with Crippen molar-refractivity contribution in [2.75, 3.05) is 5.32 Å². The molecular formula is C15H21Cl3N4O3S2. The predicted octanol–water partition coefficient (Wildman–Crippen LogP) is 3.01. The van der Waals surface area contributed by atoms with Crippen molar-refractivity contribution >= 4 is 73.8 Å². The summed E-state index contributed by atoms with van der Waals surface area (Å²) in [5.74, 6) is -0.271. The van der Waals surface area contributed by atoms with Gasteiger partial charge in [0, 0.05) is 12.1 Å². The molecular weight excluding hydrogens is 455 g/mol. The molecule has 0 aliphatic heterocycles. The van der Waals surface area contributed by atoms with Crippen molar-refractivity contribution in [2.24, 2.45) is 5.14 Å². The number of unbranched alkanes of at least 4 members (excludes halogenated alkanes) is 2. The van der Waals surface area contributed by atoms with Gasteiger partial charge in [-0.3, -0.25) is 4.79 Å². The lowest BCUT2D eigenvalue weighted by molar-refractivity contribution is -0.122. The summed E-state index contributed by atoms with van der Waals surface area (Å²) in [5, 5.41) is 13.2. The topological polar surface area (TPSA) is 113 Å². The summed E-state index contributed by atoms with van der Waals surface area (Å²) in [5.41, 5.74) is 0.484. The summed E-state index contributed by atoms with van der Waals surface area (Å²) < 4.78 is 20.7. The summed E-state index contributed by atoms with van der Waals surface area (Å²) in [7, 11) is -3.79. The van der Waals surface area contributed by atoms with Crippen LogP contribution in [0.3, 0.4) is 0 Å². The van der Waals surface area contributed by atoms with E-state index in [4.69, 9.17) is 52.2 Å². The molecule has 0 aliphatic rings. The Morgan fingerprint density at radius 3 is 2.26 bits per heavy atom. The SMILES string of the molecule is CCCCCC(=O)N[C@@H](NC(=S)Nc1ccc(S(N)(=O)=O)cc1)C(Cl)(Cl)Cl. The van der Waals surface area contributed by atoms with E-state index in [9.17, 15) is 13.2 Å². The number of hydrogen-bond acceptors (Lipinski definition) is 4. The van der Waals surface area contributed by atoms with Crippen LogP contribution in [0.2, 0.25) is 0 Å². The predicted molar refractivity (Wildman–Crippen MR) is 114 cm³/mol. The number of rotatable bonds is 8. The standard InChI is InChI=1S/C15H21Cl3N4O3S2/c1-2-3-4-5-12(23)21-13(15(16,17)18)22-14(26)20-10-6-8-11(9-7-10)27(19,24)25/h6-9,13H,2-5H2,1H3,(H,21,23)(H2,19,24,25)(H2,20,22,26)/t13-/m0/s1. The third-order valence-corrected chi connectivity index (χ3v) is 5.16. The Labute approximate surface area is 179 Å². The van der Waals surface area contributed by atoms with E-state index in [2.05, 4.69) is 16.0 Å². The first-order valence-corrected chi connectivity index (χ1v) is 11.1. The van der Waals surface area contributed by atoms with Crippen LogP contribution >= 0.6 is 47.0 Å². The number of carbonyl (C=O) groups is 1. The Bertz CT molecular complexity index is 753. The van der Waals surface area contributed by atoms with Crippen molar-refractivity contribution in [3.63, 3.8) is 0 Å². The fraction of sp³-hybridized carbons (Fsp3) is 0.467. The number of amides is 1. The molecule has 0 radical (unpaired) electrons. The van der Waals surface area contributed by atoms with Crippen LogP contribution in [0, 0.1) is 0 Å². The molecule has 0 heterocycles. The molecule has 1 aromatic carbocycles. The minimum Gasteiger partial charge on any atom is -0.339 e. The van der Waals surface area contributed by atoms with Crippen LogP contribution in [0.1, 0.15) is 32.6 Å². The number of anilines is 1. The van der Waals surface area contributed by atoms with E-state index in [0.717, 1.165) is 19.3 Å². The van der Waals surface area contributed by atoms with Crippen molar-refractivity contribution in [1.82, 2.24) is 10.6 Å². The van der Waals surface area contributed by atoms with Crippen molar-refractivity contribution in [3.8, 4) is 0 Å². The molecule has 7 nitrogen and oxygen atoms in total. The first-order chi connectivity index (χ1) is 12.4. The highest BCUT2D eigenvalue weighted by Crippen LogP contribution is 2.29. The summed E-state index contributed by atoms with van der Waals surface area (Å²) >= 11 is 22.9. The number of alkyl halides is 3. The van der Waals surface area contributed by atoms with Gasteiger partial charge in [-0.05, 0) is 42.9 Å². The molecule has 0 saturated heterocycles. The fourth-order valence-electron chi connectivity index (χ4n) is 1.99. The number of halogens is 3. The van der Waals surface area contributed by atoms with E-state index >= 15 is 0 Å². The maximum absolute atomic E-state index is 12.0. The maximum atomic E-state index is 12.0. The number of hydrogen-bond donors (Lipinski definition) is 4. The van der Waals surface area contributed by atoms with Crippen LogP contribution in [0.15, 0.2) is 29.2 Å². The summed E-state index contributed by atoms with van der Waals surface area (Å²) in [6.45, 7) is 2.03. The summed E-state index contributed by atoms with van der Waals surface area (Å²) in [4.78, 5) is 12.0. The monoisotopic (exact) mass is 474 g/mol. The smallest absolute Gasteiger partial charge is 0.238 e. The highest BCUT2D eigenvalue weighted by Gasteiger charge is 2.34. The second-order valence-corrected chi connectivity index (χ2v) is 10.0. The fourth-order valence-corrected chi connectivity index (χ4v) is 3.07. The van der Waals surface area contributed by atoms with Crippen molar-refractivity contribution in [3.05, 3.63) is 24.3 Å². The molecule has 0 spiro atoms. The van der Waals surface area contributed by atoms with Crippen LogP contribution in [0.25, 0.3) is 0 Å². The van der Waals surface area contributed by atoms with Crippen molar-refractivity contribution in [2.45, 2.75) is 47.5 Å². The summed E-state index contributed by atoms with van der Waals surface area (Å²) in [6.07, 6.45) is 1.89. The molecule has 0 aromatic heterocycles. The molecule has 0 saturated carbocycles. The van der Waals surface area contributed by atoms with E-state index in [1.54, 1.807) is 0 Å². The number of carbonyl (C=O) groups excluding carboxylic acids is 1. The number of primary sulfonamides is 1. The largest absolute Gasteiger partial charge is 0.339 e. The van der Waals surface area contributed by atoms with Crippen LogP contribution in [-0.4, -0.2) is 29.4 Å². The molecule has 1 atom stereocenters. The molecule has 27 heavy (non-hydrogen) atoms. The highest BCUT2D eigenvalue weighted by molar-refractivity contribution is 7.89. The molecule has 1 rings (SSSR count). The zero-order valence-corrected chi connectivity index (χ0v) is 18.4. The van der Waals surface area contributed by atoms with Gasteiger partial charge in [-0.25, -0.2) is 13.6 Å². The van der Waals surface area contributed by atoms with Gasteiger partial charge in [0.25, 0.3) is 0 Å². The lowest BCUT2D eigenvalue weighted by Gasteiger charge is -2.27. The maximum Gasteiger partial charge on any atom is 0.238 e. The Morgan fingerprint density at radius 1 is 1.19 bits per heavy atom. The third kappa shape index (κ3) is 9.27. The van der Waals surface area contributed by atoms with E-state index in [0.29, 0.717) is 12.1 Å². The van der Waals surface area contributed by atoms with Crippen LogP contribution in [0.5, 0.6) is 0 Å². The number of nitrogens with one attached hydrogen (secondary N) is 3. The van der Waals surface area contributed by atoms with Gasteiger partial charge in [-0.1, -0.05) is 54.6 Å². The Kier molecular flexibility index (Phi) is 9.53. The van der Waals surface area contributed by atoms with Gasteiger partial charge in [-0.2, -0.15) is 0 Å². The molecule has 0 fully saturated rings. The van der Waals surface area contributed by atoms with Gasteiger partial charge >= 0.3 is 0 Å². The van der Waals surface area contributed by atoms with Crippen LogP contribution in [-0.2, 0) is 14.8 Å². The van der Waals surface area contributed by atoms with E-state index in [1.807, 2.05) is 6.92 Å². The molecule has 1 aromatic rings. The Hall–Kier alpha value is -0.840. The Balaban J connectivity index is 2.70. The lowest BCUT2D eigenvalue weighted by Crippen LogP contribution is -2.56. The third-order valence-electron chi connectivity index (χ3n) is 3.36. The first-order valence-electron chi connectivity index (χ1n) is 8.00. The number of sulfonamides is 1. The molecule has 0 unspecified atom stereocenters. The minimum absolute atomic E-state index is 0.0366. The second kappa shape index (κ2) is 10.6. The van der Waals surface area contributed by atoms with E-state index < -0.39 is 20.0 Å². The zero-order chi connectivity index (χ0) is 20.7. The number of nitrogens with two attached hydrogens (primary N) is 1. The molecule has 0 bridgehead atoms. The van der Waals surface area contributed by atoms with Gasteiger partial charge < -0.3 is 16.0 Å². The molecule has 12 heteroatoms. The van der Waals surface area contributed by atoms with Gasteiger partial charge in [0.15, 0.2) is 5.11 Å². The van der Waals surface area contributed by atoms with Crippen molar-refractivity contribution in [1.29, 1.82) is 0 Å². The van der Waals surface area contributed by atoms with E-state index in [1.165, 1.54) is 24.3 Å². The normalized spacial score (nSPS) is 12.9. The first kappa shape index (κ1) is 24.2. The average molecular weight is 476 g/mol. The molecule has 0 aliphatic carbocycles. The van der Waals surface area contributed by atoms with Gasteiger partial charge in [0.05, 0.1) is 4.90 Å². The molecule has 1 amide bonds. The van der Waals surface area contributed by atoms with Gasteiger partial charge in [-0.15, -0.1) is 0 Å². The minimum atomic E-state index is -3.79. The lowest BCUT2D eigenvalue weighted by atomic mass is 10.2. The van der Waals surface area contributed by atoms with Gasteiger partial charge in [0.2, 0.25) is 19.7 Å². The quantitative estimate of drug-likeness (QED) is 0.199. The zero-order valence-electron chi connectivity index (χ0n) is 14.5. The molecule has 5 N–H and O–H groups in total. The average Bonchev–Trinajstić information content (AvgIpc) is 2.53. The van der Waals surface area contributed by atoms with Gasteiger partial charge in [0.1, 0.15) is 6.17 Å². The van der Waals surface area contributed by atoms with E-state index in [-0.39, 0.29) is 15.9 Å². The van der Waals surface area contributed by atoms with Crippen molar-refractivity contribution < 1.29 is 13.2 Å². The number of benzene rings is 1. The van der Waals surface area contributed by atoms with Crippen LogP contribution in [0.4, 0.5) is 5.69 Å². The number of thiocarbonyl (C=S) groups is 1. The summed E-state index contributed by atoms with van der Waals surface area (Å²) in [6, 6.07) is 5.59. The van der Waals surface area contributed by atoms with Crippen LogP contribution < -0.4 is 21.1 Å². The second-order valence-electron chi connectivity index (χ2n) is 5.67. The Morgan fingerprint density at radius 2 is 1.78 bits per heavy atom. The highest BCUT2D eigenvalue weighted by atomic mass is 35.6.